The maximum Gasteiger partial charge on any atom is 0.0753 e. The average molecular weight is 476 g/mol. The van der Waals surface area contributed by atoms with Gasteiger partial charge in [-0.05, 0) is 63.0 Å². The molecule has 2 heteroatoms. The Morgan fingerprint density at radius 1 is 0.556 bits per heavy atom. The fourth-order valence-corrected chi connectivity index (χ4v) is 7.58. The van der Waals surface area contributed by atoms with Gasteiger partial charge in [0.05, 0.1) is 11.1 Å². The molecule has 168 valence electrons. The number of rotatable bonds is 2. The molecule has 2 heterocycles. The molecule has 0 amide bonds. The number of aromatic nitrogens is 1. The highest BCUT2D eigenvalue weighted by molar-refractivity contribution is 7.99. The van der Waals surface area contributed by atoms with Gasteiger partial charge in [-0.1, -0.05) is 109 Å². The lowest BCUT2D eigenvalue weighted by Gasteiger charge is -2.35. The van der Waals surface area contributed by atoms with Crippen LogP contribution in [0.15, 0.2) is 137 Å². The Bertz CT molecular complexity index is 1770. The summed E-state index contributed by atoms with van der Waals surface area (Å²) in [7, 11) is 0. The van der Waals surface area contributed by atoms with E-state index in [1.807, 2.05) is 18.0 Å². The van der Waals surface area contributed by atoms with E-state index < -0.39 is 5.41 Å². The molecular formula is C34H21NS. The van der Waals surface area contributed by atoms with Crippen LogP contribution in [0.5, 0.6) is 0 Å². The van der Waals surface area contributed by atoms with Gasteiger partial charge >= 0.3 is 0 Å². The van der Waals surface area contributed by atoms with Gasteiger partial charge in [0.1, 0.15) is 0 Å². The van der Waals surface area contributed by atoms with Gasteiger partial charge < -0.3 is 0 Å². The molecule has 0 N–H and O–H groups in total. The maximum atomic E-state index is 5.02. The first kappa shape index (κ1) is 20.1. The normalized spacial score (nSPS) is 14.2. The quantitative estimate of drug-likeness (QED) is 0.248. The number of hydrogen-bond donors (Lipinski definition) is 0. The van der Waals surface area contributed by atoms with E-state index in [0.717, 1.165) is 5.69 Å². The lowest BCUT2D eigenvalue weighted by Crippen LogP contribution is -2.29. The van der Waals surface area contributed by atoms with Crippen LogP contribution in [-0.2, 0) is 5.41 Å². The summed E-state index contributed by atoms with van der Waals surface area (Å²) in [6.07, 6.45) is 1.94. The number of nitrogens with zero attached hydrogens (tertiary/aromatic N) is 1. The van der Waals surface area contributed by atoms with E-state index in [4.69, 9.17) is 4.98 Å². The third-order valence-electron chi connectivity index (χ3n) is 7.78. The van der Waals surface area contributed by atoms with E-state index in [1.165, 1.54) is 59.5 Å². The lowest BCUT2D eigenvalue weighted by molar-refractivity contribution is 0.773. The highest BCUT2D eigenvalue weighted by atomic mass is 32.2. The Labute approximate surface area is 214 Å². The minimum absolute atomic E-state index is 0.444. The molecule has 0 radical (unpaired) electrons. The average Bonchev–Trinajstić information content (AvgIpc) is 3.26. The van der Waals surface area contributed by atoms with Gasteiger partial charge in [-0.3, -0.25) is 4.98 Å². The number of fused-ring (bicyclic) bond motifs is 6. The van der Waals surface area contributed by atoms with Crippen LogP contribution >= 0.6 is 11.8 Å². The molecule has 0 fully saturated rings. The molecule has 36 heavy (non-hydrogen) atoms. The third kappa shape index (κ3) is 2.49. The first-order chi connectivity index (χ1) is 17.9. The van der Waals surface area contributed by atoms with E-state index in [0.29, 0.717) is 0 Å². The smallest absolute Gasteiger partial charge is 0.0753 e. The van der Waals surface area contributed by atoms with Gasteiger partial charge in [0.15, 0.2) is 0 Å². The zero-order chi connectivity index (χ0) is 23.7. The largest absolute Gasteiger partial charge is 0.256 e. The van der Waals surface area contributed by atoms with Gasteiger partial charge in [0.25, 0.3) is 0 Å². The second-order valence-electron chi connectivity index (χ2n) is 9.51. The molecule has 0 saturated heterocycles. The van der Waals surface area contributed by atoms with Gasteiger partial charge in [-0.25, -0.2) is 0 Å². The fraction of sp³-hybridized carbons (Fsp3) is 0.0294. The number of pyridine rings is 1. The summed E-state index contributed by atoms with van der Waals surface area (Å²) in [6.45, 7) is 0. The van der Waals surface area contributed by atoms with Crippen LogP contribution < -0.4 is 0 Å². The molecule has 0 bridgehead atoms. The highest BCUT2D eigenvalue weighted by Crippen LogP contribution is 2.60. The van der Waals surface area contributed by atoms with Crippen molar-refractivity contribution in [3.05, 3.63) is 150 Å². The van der Waals surface area contributed by atoms with Crippen LogP contribution in [0.3, 0.4) is 0 Å². The van der Waals surface area contributed by atoms with Crippen LogP contribution in [-0.4, -0.2) is 4.98 Å². The molecule has 1 aliphatic carbocycles. The van der Waals surface area contributed by atoms with Crippen LogP contribution in [0, 0.1) is 0 Å². The molecule has 8 rings (SSSR count). The van der Waals surface area contributed by atoms with E-state index in [-0.39, 0.29) is 0 Å². The molecule has 6 aromatic rings. The first-order valence-corrected chi connectivity index (χ1v) is 13.1. The molecule has 0 unspecified atom stereocenters. The predicted molar refractivity (Wildman–Crippen MR) is 149 cm³/mol. The lowest BCUT2D eigenvalue weighted by atomic mass is 9.66. The van der Waals surface area contributed by atoms with Crippen LogP contribution in [0.25, 0.3) is 33.2 Å². The van der Waals surface area contributed by atoms with Crippen molar-refractivity contribution in [2.75, 3.05) is 0 Å². The molecular weight excluding hydrogens is 454 g/mol. The second kappa shape index (κ2) is 7.43. The van der Waals surface area contributed by atoms with Crippen molar-refractivity contribution in [3.63, 3.8) is 0 Å². The predicted octanol–water partition coefficient (Wildman–Crippen LogP) is 8.73. The fourth-order valence-electron chi connectivity index (χ4n) is 6.44. The molecule has 0 saturated carbocycles. The summed E-state index contributed by atoms with van der Waals surface area (Å²) in [4.78, 5) is 7.66. The van der Waals surface area contributed by atoms with Gasteiger partial charge in [-0.15, -0.1) is 0 Å². The van der Waals surface area contributed by atoms with Crippen LogP contribution in [0.1, 0.15) is 22.3 Å². The van der Waals surface area contributed by atoms with Crippen molar-refractivity contribution in [2.24, 2.45) is 0 Å². The minimum Gasteiger partial charge on any atom is -0.256 e. The molecule has 1 nitrogen and oxygen atoms in total. The minimum atomic E-state index is -0.444. The van der Waals surface area contributed by atoms with Crippen molar-refractivity contribution >= 4 is 22.5 Å². The SMILES string of the molecule is c1ccc(C2(c3ccccc3)c3cccnc3-c3cc4c5c(cccc5c32)Sc2ccccc2-4)cc1. The molecule has 5 aromatic carbocycles. The zero-order valence-corrected chi connectivity index (χ0v) is 20.3. The zero-order valence-electron chi connectivity index (χ0n) is 19.5. The Morgan fingerprint density at radius 3 is 2.03 bits per heavy atom. The van der Waals surface area contributed by atoms with Crippen molar-refractivity contribution in [2.45, 2.75) is 15.2 Å². The Kier molecular flexibility index (Phi) is 4.15. The van der Waals surface area contributed by atoms with Crippen LogP contribution in [0.4, 0.5) is 0 Å². The van der Waals surface area contributed by atoms with Gasteiger partial charge in [0.2, 0.25) is 0 Å². The monoisotopic (exact) mass is 475 g/mol. The molecule has 1 aromatic heterocycles. The van der Waals surface area contributed by atoms with Crippen molar-refractivity contribution in [3.8, 4) is 22.4 Å². The van der Waals surface area contributed by atoms with E-state index in [9.17, 15) is 0 Å². The summed E-state index contributed by atoms with van der Waals surface area (Å²) in [5, 5.41) is 2.66. The maximum absolute atomic E-state index is 5.02. The summed E-state index contributed by atoms with van der Waals surface area (Å²) in [5.41, 5.74) is 9.63. The third-order valence-corrected chi connectivity index (χ3v) is 8.91. The summed E-state index contributed by atoms with van der Waals surface area (Å²) < 4.78 is 0. The highest BCUT2D eigenvalue weighted by Gasteiger charge is 2.48. The standard InChI is InChI=1S/C34H21NS/c1-3-11-22(12-4-1)34(23-13-5-2-6-14-23)28-17-10-20-35-33(28)27-21-26-24-15-7-8-18-29(24)36-30-19-9-16-25(31(26)30)32(27)34/h1-21H. The van der Waals surface area contributed by atoms with Crippen molar-refractivity contribution in [1.29, 1.82) is 0 Å². The van der Waals surface area contributed by atoms with E-state index >= 15 is 0 Å². The van der Waals surface area contributed by atoms with Gasteiger partial charge in [-0.2, -0.15) is 0 Å². The molecule has 0 spiro atoms. The first-order valence-electron chi connectivity index (χ1n) is 12.3. The number of hydrogen-bond acceptors (Lipinski definition) is 2. The van der Waals surface area contributed by atoms with Crippen molar-refractivity contribution in [1.82, 2.24) is 4.98 Å². The summed E-state index contributed by atoms with van der Waals surface area (Å²) in [6, 6.07) is 44.3. The second-order valence-corrected chi connectivity index (χ2v) is 10.6. The van der Waals surface area contributed by atoms with Crippen LogP contribution in [0.2, 0.25) is 0 Å². The van der Waals surface area contributed by atoms with E-state index in [1.54, 1.807) is 0 Å². The summed E-state index contributed by atoms with van der Waals surface area (Å²) in [5.74, 6) is 0. The van der Waals surface area contributed by atoms with Crippen molar-refractivity contribution < 1.29 is 0 Å². The Morgan fingerprint density at radius 2 is 1.25 bits per heavy atom. The van der Waals surface area contributed by atoms with E-state index in [2.05, 4.69) is 121 Å². The molecule has 0 atom stereocenters. The number of benzene rings is 5. The Hall–Kier alpha value is -4.14. The summed E-state index contributed by atoms with van der Waals surface area (Å²) >= 11 is 1.88. The molecule has 2 aliphatic rings. The topological polar surface area (TPSA) is 12.9 Å². The Balaban J connectivity index is 1.62. The molecule has 1 aliphatic heterocycles. The van der Waals surface area contributed by atoms with Gasteiger partial charge in [0, 0.05) is 26.9 Å².